The number of carbonyl (C=O) groups is 1. The van der Waals surface area contributed by atoms with Crippen LogP contribution in [0.25, 0.3) is 10.1 Å². The van der Waals surface area contributed by atoms with Gasteiger partial charge in [0.1, 0.15) is 0 Å². The first-order chi connectivity index (χ1) is 6.16. The summed E-state index contributed by atoms with van der Waals surface area (Å²) < 4.78 is 1.02. The summed E-state index contributed by atoms with van der Waals surface area (Å²) in [6.45, 7) is 0. The number of carboxylic acid groups (broad SMARTS) is 1. The molecule has 66 valence electrons. The first kappa shape index (κ1) is 8.07. The molecule has 0 atom stereocenters. The number of aromatic carboxylic acids is 1. The molecule has 0 aliphatic carbocycles. The Morgan fingerprint density at radius 3 is 2.85 bits per heavy atom. The van der Waals surface area contributed by atoms with Crippen LogP contribution < -0.4 is 5.73 Å². The molecule has 2 aromatic rings. The van der Waals surface area contributed by atoms with Crippen molar-refractivity contribution < 1.29 is 9.90 Å². The molecule has 3 N–H and O–H groups in total. The number of thiophene rings is 1. The lowest BCUT2D eigenvalue weighted by Crippen LogP contribution is -1.94. The summed E-state index contributed by atoms with van der Waals surface area (Å²) in [5, 5.41) is 10.3. The smallest absolute Gasteiger partial charge is 0.335 e. The maximum absolute atomic E-state index is 10.6. The quantitative estimate of drug-likeness (QED) is 0.729. The van der Waals surface area contributed by atoms with Crippen LogP contribution >= 0.6 is 11.3 Å². The molecule has 1 aromatic heterocycles. The number of nitrogen functional groups attached to an aromatic ring is 1. The molecule has 0 amide bonds. The van der Waals surface area contributed by atoms with Crippen LogP contribution in [0, 0.1) is 0 Å². The molecular formula is C9H7NO2S. The highest BCUT2D eigenvalue weighted by molar-refractivity contribution is 7.22. The van der Waals surface area contributed by atoms with Crippen LogP contribution in [0.15, 0.2) is 24.3 Å². The molecule has 0 aliphatic rings. The van der Waals surface area contributed by atoms with Crippen molar-refractivity contribution in [1.82, 2.24) is 0 Å². The Kier molecular flexibility index (Phi) is 1.70. The molecule has 0 saturated heterocycles. The molecule has 2 rings (SSSR count). The molecule has 0 unspecified atom stereocenters. The molecule has 1 heterocycles. The minimum absolute atomic E-state index is 0.297. The molecular weight excluding hydrogens is 186 g/mol. The van der Waals surface area contributed by atoms with Gasteiger partial charge in [-0.15, -0.1) is 11.3 Å². The average molecular weight is 193 g/mol. The van der Waals surface area contributed by atoms with Gasteiger partial charge in [0.2, 0.25) is 0 Å². The van der Waals surface area contributed by atoms with Gasteiger partial charge in [0.15, 0.2) is 0 Å². The first-order valence-electron chi connectivity index (χ1n) is 3.69. The maximum Gasteiger partial charge on any atom is 0.335 e. The molecule has 0 aliphatic heterocycles. The zero-order valence-corrected chi connectivity index (χ0v) is 7.47. The van der Waals surface area contributed by atoms with Gasteiger partial charge in [-0.25, -0.2) is 4.79 Å². The molecule has 0 radical (unpaired) electrons. The lowest BCUT2D eigenvalue weighted by Gasteiger charge is -1.92. The highest BCUT2D eigenvalue weighted by atomic mass is 32.1. The van der Waals surface area contributed by atoms with Crippen LogP contribution in [0.4, 0.5) is 5.00 Å². The summed E-state index contributed by atoms with van der Waals surface area (Å²) in [6, 6.07) is 6.78. The molecule has 3 nitrogen and oxygen atoms in total. The van der Waals surface area contributed by atoms with Crippen LogP contribution in [0.5, 0.6) is 0 Å². The van der Waals surface area contributed by atoms with Crippen LogP contribution in [0.2, 0.25) is 0 Å². The normalized spacial score (nSPS) is 10.5. The van der Waals surface area contributed by atoms with Crippen molar-refractivity contribution in [2.75, 3.05) is 5.73 Å². The number of nitrogens with two attached hydrogens (primary N) is 1. The fourth-order valence-corrected chi connectivity index (χ4v) is 2.01. The van der Waals surface area contributed by atoms with Crippen LogP contribution in [0.1, 0.15) is 10.4 Å². The van der Waals surface area contributed by atoms with E-state index in [1.807, 2.05) is 0 Å². The Balaban J connectivity index is 2.67. The van der Waals surface area contributed by atoms with E-state index in [2.05, 4.69) is 0 Å². The van der Waals surface area contributed by atoms with E-state index in [0.717, 1.165) is 10.1 Å². The maximum atomic E-state index is 10.6. The summed E-state index contributed by atoms with van der Waals surface area (Å²) in [5.41, 5.74) is 5.88. The largest absolute Gasteiger partial charge is 0.478 e. The van der Waals surface area contributed by atoms with Gasteiger partial charge in [-0.05, 0) is 29.7 Å². The summed E-state index contributed by atoms with van der Waals surface area (Å²) >= 11 is 1.46. The monoisotopic (exact) mass is 193 g/mol. The third-order valence-corrected chi connectivity index (χ3v) is 2.73. The molecule has 0 spiro atoms. The van der Waals surface area contributed by atoms with E-state index in [1.165, 1.54) is 11.3 Å². The number of hydrogen-bond acceptors (Lipinski definition) is 3. The number of carboxylic acids is 1. The second-order valence-electron chi connectivity index (χ2n) is 2.71. The van der Waals surface area contributed by atoms with Crippen molar-refractivity contribution >= 4 is 32.4 Å². The van der Waals surface area contributed by atoms with Crippen LogP contribution in [0.3, 0.4) is 0 Å². The van der Waals surface area contributed by atoms with E-state index < -0.39 is 5.97 Å². The Morgan fingerprint density at radius 1 is 1.38 bits per heavy atom. The summed E-state index contributed by atoms with van der Waals surface area (Å²) in [7, 11) is 0. The van der Waals surface area contributed by atoms with Crippen molar-refractivity contribution in [2.45, 2.75) is 0 Å². The van der Waals surface area contributed by atoms with Crippen molar-refractivity contribution in [3.63, 3.8) is 0 Å². The van der Waals surface area contributed by atoms with E-state index in [9.17, 15) is 4.79 Å². The van der Waals surface area contributed by atoms with E-state index >= 15 is 0 Å². The minimum atomic E-state index is -0.910. The van der Waals surface area contributed by atoms with Gasteiger partial charge in [-0.1, -0.05) is 0 Å². The van der Waals surface area contributed by atoms with Gasteiger partial charge >= 0.3 is 5.97 Å². The topological polar surface area (TPSA) is 63.3 Å². The fourth-order valence-electron chi connectivity index (χ4n) is 1.20. The van der Waals surface area contributed by atoms with Gasteiger partial charge in [0, 0.05) is 4.70 Å². The number of anilines is 1. The second kappa shape index (κ2) is 2.74. The number of fused-ring (bicyclic) bond motifs is 1. The van der Waals surface area contributed by atoms with Crippen LogP contribution in [-0.2, 0) is 0 Å². The predicted molar refractivity (Wildman–Crippen MR) is 53.2 cm³/mol. The number of hydrogen-bond donors (Lipinski definition) is 2. The molecule has 1 aromatic carbocycles. The lowest BCUT2D eigenvalue weighted by atomic mass is 10.2. The Hall–Kier alpha value is -1.55. The van der Waals surface area contributed by atoms with E-state index in [0.29, 0.717) is 10.6 Å². The summed E-state index contributed by atoms with van der Waals surface area (Å²) in [4.78, 5) is 10.6. The predicted octanol–water partition coefficient (Wildman–Crippen LogP) is 2.18. The molecule has 0 saturated carbocycles. The van der Waals surface area contributed by atoms with E-state index in [4.69, 9.17) is 10.8 Å². The van der Waals surface area contributed by atoms with Crippen LogP contribution in [-0.4, -0.2) is 11.1 Å². The highest BCUT2D eigenvalue weighted by Crippen LogP contribution is 2.27. The lowest BCUT2D eigenvalue weighted by molar-refractivity contribution is 0.0697. The summed E-state index contributed by atoms with van der Waals surface area (Å²) in [5.74, 6) is -0.910. The first-order valence-corrected chi connectivity index (χ1v) is 4.51. The minimum Gasteiger partial charge on any atom is -0.478 e. The van der Waals surface area contributed by atoms with E-state index in [1.54, 1.807) is 24.3 Å². The van der Waals surface area contributed by atoms with E-state index in [-0.39, 0.29) is 0 Å². The number of rotatable bonds is 1. The molecule has 0 fully saturated rings. The zero-order chi connectivity index (χ0) is 9.42. The third kappa shape index (κ3) is 1.36. The van der Waals surface area contributed by atoms with Gasteiger partial charge in [0.25, 0.3) is 0 Å². The van der Waals surface area contributed by atoms with Gasteiger partial charge < -0.3 is 10.8 Å². The fraction of sp³-hybridized carbons (Fsp3) is 0. The van der Waals surface area contributed by atoms with Gasteiger partial charge in [-0.3, -0.25) is 0 Å². The SMILES string of the molecule is Nc1cc2cc(C(=O)O)ccc2s1. The Bertz CT molecular complexity index is 475. The molecule has 13 heavy (non-hydrogen) atoms. The van der Waals surface area contributed by atoms with Crippen molar-refractivity contribution in [1.29, 1.82) is 0 Å². The van der Waals surface area contributed by atoms with Gasteiger partial charge in [-0.2, -0.15) is 0 Å². The standard InChI is InChI=1S/C9H7NO2S/c10-8-4-6-3-5(9(11)12)1-2-7(6)13-8/h1-4H,10H2,(H,11,12). The molecule has 4 heteroatoms. The highest BCUT2D eigenvalue weighted by Gasteiger charge is 2.04. The summed E-state index contributed by atoms with van der Waals surface area (Å²) in [6.07, 6.45) is 0. The van der Waals surface area contributed by atoms with Crippen molar-refractivity contribution in [3.8, 4) is 0 Å². The molecule has 0 bridgehead atoms. The Morgan fingerprint density at radius 2 is 2.15 bits per heavy atom. The average Bonchev–Trinajstić information content (AvgIpc) is 2.42. The van der Waals surface area contributed by atoms with Gasteiger partial charge in [0.05, 0.1) is 10.6 Å². The number of benzene rings is 1. The van der Waals surface area contributed by atoms with Crippen molar-refractivity contribution in [2.24, 2.45) is 0 Å². The third-order valence-electron chi connectivity index (χ3n) is 1.78. The zero-order valence-electron chi connectivity index (χ0n) is 6.65. The Labute approximate surface area is 78.4 Å². The second-order valence-corrected chi connectivity index (χ2v) is 3.82. The van der Waals surface area contributed by atoms with Crippen molar-refractivity contribution in [3.05, 3.63) is 29.8 Å².